The zero-order valence-electron chi connectivity index (χ0n) is 31.7. The molecule has 6 aromatic rings. The molecule has 0 fully saturated rings. The van der Waals surface area contributed by atoms with Gasteiger partial charge in [0.25, 0.3) is 0 Å². The third-order valence-electron chi connectivity index (χ3n) is 9.86. The maximum atomic E-state index is 12.0. The van der Waals surface area contributed by atoms with E-state index in [0.717, 1.165) is 35.1 Å². The number of hydrogen-bond acceptors (Lipinski definition) is 8. The van der Waals surface area contributed by atoms with Gasteiger partial charge in [0, 0.05) is 71.5 Å². The summed E-state index contributed by atoms with van der Waals surface area (Å²) in [5, 5.41) is 44.9. The minimum absolute atomic E-state index is 0.131. The van der Waals surface area contributed by atoms with E-state index in [4.69, 9.17) is 19.5 Å². The summed E-state index contributed by atoms with van der Waals surface area (Å²) in [5.41, 5.74) is 8.67. The van der Waals surface area contributed by atoms with Gasteiger partial charge in [0.15, 0.2) is 0 Å². The summed E-state index contributed by atoms with van der Waals surface area (Å²) < 4.78 is 13.0. The Kier molecular flexibility index (Phi) is 11.7. The summed E-state index contributed by atoms with van der Waals surface area (Å²) in [4.78, 5) is 9.56. The molecule has 0 amide bonds. The van der Waals surface area contributed by atoms with Gasteiger partial charge in [-0.3, -0.25) is 9.98 Å². The number of benzene rings is 6. The van der Waals surface area contributed by atoms with Gasteiger partial charge in [0.1, 0.15) is 34.5 Å². The molecule has 6 aromatic carbocycles. The first-order chi connectivity index (χ1) is 27.3. The molecule has 0 unspecified atom stereocenters. The van der Waals surface area contributed by atoms with E-state index in [2.05, 4.69) is 13.8 Å². The average Bonchev–Trinajstić information content (AvgIpc) is 3.19. The fourth-order valence-corrected chi connectivity index (χ4v) is 7.09. The first kappa shape index (κ1) is 37.8. The number of rotatable bonds is 10. The Morgan fingerprint density at radius 3 is 1.12 bits per heavy atom. The summed E-state index contributed by atoms with van der Waals surface area (Å²) in [5.74, 6) is 2.02. The molecule has 1 aliphatic rings. The number of ether oxygens (including phenoxy) is 2. The Labute approximate surface area is 327 Å². The van der Waals surface area contributed by atoms with Gasteiger partial charge < -0.3 is 29.9 Å². The van der Waals surface area contributed by atoms with Crippen molar-refractivity contribution in [3.8, 4) is 34.5 Å². The van der Waals surface area contributed by atoms with Crippen LogP contribution in [0.25, 0.3) is 0 Å². The lowest BCUT2D eigenvalue weighted by molar-refractivity contribution is 0.311. The predicted molar refractivity (Wildman–Crippen MR) is 223 cm³/mol. The Balaban J connectivity index is 1.42. The fraction of sp³-hybridized carbons (Fsp3) is 0.208. The van der Waals surface area contributed by atoms with E-state index in [9.17, 15) is 20.4 Å². The molecule has 0 saturated heterocycles. The van der Waals surface area contributed by atoms with Gasteiger partial charge in [-0.25, -0.2) is 0 Å². The Hall–Kier alpha value is -6.54. The van der Waals surface area contributed by atoms with Gasteiger partial charge in [-0.2, -0.15) is 0 Å². The molecular formula is C48H46N2O6. The number of phenolic OH excluding ortho intramolecular Hbond substituents is 4. The van der Waals surface area contributed by atoms with Crippen molar-refractivity contribution in [3.63, 3.8) is 0 Å². The minimum atomic E-state index is 0.131. The number of nitrogens with zero attached hydrogens (tertiary/aromatic N) is 2. The van der Waals surface area contributed by atoms with Crippen molar-refractivity contribution in [1.29, 1.82) is 0 Å². The molecular weight excluding hydrogens is 701 g/mol. The number of aliphatic imine (C=N–C) groups is 2. The van der Waals surface area contributed by atoms with Gasteiger partial charge >= 0.3 is 0 Å². The SMILES string of the molecule is CCCOc1c2cccc1Cc1cc(N=Cc3ccccc3O)cc(c1O)Cc1cccc(c1OCCC)Cc1cc(N=Cc3ccccc3O)cc(c1O)C2. The second-order valence-corrected chi connectivity index (χ2v) is 14.1. The Morgan fingerprint density at radius 1 is 0.464 bits per heavy atom. The summed E-state index contributed by atoms with van der Waals surface area (Å²) >= 11 is 0. The van der Waals surface area contributed by atoms with Gasteiger partial charge in [-0.05, 0) is 83.6 Å². The van der Waals surface area contributed by atoms with Gasteiger partial charge in [0.05, 0.1) is 24.6 Å². The van der Waals surface area contributed by atoms with Crippen LogP contribution in [-0.2, 0) is 25.7 Å². The van der Waals surface area contributed by atoms with Crippen molar-refractivity contribution >= 4 is 23.8 Å². The Bertz CT molecular complexity index is 2160. The Morgan fingerprint density at radius 2 is 0.804 bits per heavy atom. The normalized spacial score (nSPS) is 12.6. The quantitative estimate of drug-likeness (QED) is 0.103. The van der Waals surface area contributed by atoms with Crippen LogP contribution in [0.1, 0.15) is 82.3 Å². The first-order valence-electron chi connectivity index (χ1n) is 19.1. The maximum absolute atomic E-state index is 12.0. The highest BCUT2D eigenvalue weighted by Crippen LogP contribution is 2.41. The molecule has 56 heavy (non-hydrogen) atoms. The lowest BCUT2D eigenvalue weighted by atomic mass is 9.91. The van der Waals surface area contributed by atoms with Crippen LogP contribution in [0.5, 0.6) is 34.5 Å². The lowest BCUT2D eigenvalue weighted by Crippen LogP contribution is -2.07. The summed E-state index contributed by atoms with van der Waals surface area (Å²) in [6.45, 7) is 5.09. The van der Waals surface area contributed by atoms with Crippen molar-refractivity contribution < 1.29 is 29.9 Å². The summed E-state index contributed by atoms with van der Waals surface area (Å²) in [6, 6.07) is 33.6. The van der Waals surface area contributed by atoms with Crippen molar-refractivity contribution in [2.45, 2.75) is 52.4 Å². The third kappa shape index (κ3) is 8.55. The molecule has 7 rings (SSSR count). The van der Waals surface area contributed by atoms with Gasteiger partial charge in [0.2, 0.25) is 0 Å². The number of hydrogen-bond donors (Lipinski definition) is 4. The van der Waals surface area contributed by atoms with Gasteiger partial charge in [-0.1, -0.05) is 74.5 Å². The highest BCUT2D eigenvalue weighted by atomic mass is 16.5. The number of phenols is 4. The van der Waals surface area contributed by atoms with Crippen molar-refractivity contribution in [3.05, 3.63) is 165 Å². The van der Waals surface area contributed by atoms with Gasteiger partial charge in [-0.15, -0.1) is 0 Å². The van der Waals surface area contributed by atoms with E-state index >= 15 is 0 Å². The summed E-state index contributed by atoms with van der Waals surface area (Å²) in [7, 11) is 0. The predicted octanol–water partition coefficient (Wildman–Crippen LogP) is 10.3. The van der Waals surface area contributed by atoms with Crippen molar-refractivity contribution in [2.24, 2.45) is 9.98 Å². The van der Waals surface area contributed by atoms with Crippen LogP contribution >= 0.6 is 0 Å². The largest absolute Gasteiger partial charge is 0.507 e. The van der Waals surface area contributed by atoms with Crippen LogP contribution in [0.2, 0.25) is 0 Å². The van der Waals surface area contributed by atoms with E-state index in [1.807, 2.05) is 72.8 Å². The molecule has 1 aliphatic carbocycles. The highest BCUT2D eigenvalue weighted by Gasteiger charge is 2.22. The molecule has 284 valence electrons. The molecule has 0 radical (unpaired) electrons. The molecule has 0 aromatic heterocycles. The molecule has 0 saturated carbocycles. The average molecular weight is 747 g/mol. The second-order valence-electron chi connectivity index (χ2n) is 14.1. The fourth-order valence-electron chi connectivity index (χ4n) is 7.09. The van der Waals surface area contributed by atoms with E-state index in [1.165, 1.54) is 0 Å². The number of para-hydroxylation sites is 4. The zero-order valence-corrected chi connectivity index (χ0v) is 31.7. The molecule has 0 atom stereocenters. The highest BCUT2D eigenvalue weighted by molar-refractivity contribution is 5.86. The van der Waals surface area contributed by atoms with Crippen molar-refractivity contribution in [1.82, 2.24) is 0 Å². The lowest BCUT2D eigenvalue weighted by Gasteiger charge is -2.21. The maximum Gasteiger partial charge on any atom is 0.126 e. The van der Waals surface area contributed by atoms with Crippen molar-refractivity contribution in [2.75, 3.05) is 13.2 Å². The van der Waals surface area contributed by atoms with E-state index in [1.54, 1.807) is 48.8 Å². The molecule has 0 heterocycles. The van der Waals surface area contributed by atoms with E-state index < -0.39 is 0 Å². The zero-order chi connectivity index (χ0) is 39.0. The van der Waals surface area contributed by atoms with Crippen LogP contribution in [-0.4, -0.2) is 46.1 Å². The van der Waals surface area contributed by atoms with Crippen LogP contribution in [0, 0.1) is 0 Å². The molecule has 0 aliphatic heterocycles. The number of aromatic hydroxyl groups is 4. The van der Waals surface area contributed by atoms with E-state index in [-0.39, 0.29) is 23.0 Å². The van der Waals surface area contributed by atoms with Crippen LogP contribution in [0.4, 0.5) is 11.4 Å². The number of fused-ring (bicyclic) bond motifs is 8. The van der Waals surface area contributed by atoms with E-state index in [0.29, 0.717) is 95.2 Å². The van der Waals surface area contributed by atoms with Crippen LogP contribution in [0.15, 0.2) is 119 Å². The molecule has 8 bridgehead atoms. The second kappa shape index (κ2) is 17.3. The summed E-state index contributed by atoms with van der Waals surface area (Å²) in [6.07, 6.45) is 6.28. The van der Waals surface area contributed by atoms with Crippen LogP contribution < -0.4 is 9.47 Å². The third-order valence-corrected chi connectivity index (χ3v) is 9.86. The monoisotopic (exact) mass is 746 g/mol. The van der Waals surface area contributed by atoms with Crippen LogP contribution in [0.3, 0.4) is 0 Å². The first-order valence-corrected chi connectivity index (χ1v) is 19.1. The standard InChI is InChI=1S/C48H46N2O6/c1-3-19-55-47-31-13-9-14-32(47)22-38-26-42(50-30-36-12-6-8-18-44(36)52)28-40(46(38)54)24-34-16-10-15-33(48(34)56-20-4-2)23-39-27-41(25-37(21-31)45(39)53)49-29-35-11-5-7-17-43(35)51/h5-18,25-30,51-54H,3-4,19-24H2,1-2H3. The smallest absolute Gasteiger partial charge is 0.126 e. The minimum Gasteiger partial charge on any atom is -0.507 e. The molecule has 4 N–H and O–H groups in total. The molecule has 8 heteroatoms. The molecule has 0 spiro atoms. The topological polar surface area (TPSA) is 124 Å². The molecule has 8 nitrogen and oxygen atoms in total.